The first-order valence-corrected chi connectivity index (χ1v) is 10.0. The maximum atomic E-state index is 10.9. The Morgan fingerprint density at radius 2 is 2.19 bits per heavy atom. The van der Waals surface area contributed by atoms with Gasteiger partial charge in [0.15, 0.2) is 0 Å². The largest absolute Gasteiger partial charge is 0.477 e. The number of rotatable bonds is 7. The average molecular weight is 392 g/mol. The van der Waals surface area contributed by atoms with Crippen molar-refractivity contribution in [1.29, 1.82) is 0 Å². The Morgan fingerprint density at radius 1 is 1.35 bits per heavy atom. The van der Waals surface area contributed by atoms with E-state index < -0.39 is 5.97 Å². The van der Waals surface area contributed by atoms with Gasteiger partial charge in [0.2, 0.25) is 0 Å². The number of aryl methyl sites for hydroxylation is 1. The van der Waals surface area contributed by atoms with E-state index in [1.165, 1.54) is 11.3 Å². The molecule has 2 aromatic rings. The molecule has 1 aliphatic carbocycles. The molecule has 2 heterocycles. The molecule has 0 unspecified atom stereocenters. The maximum absolute atomic E-state index is 10.9. The van der Waals surface area contributed by atoms with E-state index in [1.54, 1.807) is 18.5 Å². The van der Waals surface area contributed by atoms with Crippen LogP contribution in [0.3, 0.4) is 0 Å². The van der Waals surface area contributed by atoms with E-state index in [9.17, 15) is 9.90 Å². The number of aliphatic hydroxyl groups is 1. The summed E-state index contributed by atoms with van der Waals surface area (Å²) in [5, 5.41) is 19.9. The van der Waals surface area contributed by atoms with Crippen LogP contribution in [0.1, 0.15) is 45.8 Å². The molecule has 3 rings (SSSR count). The summed E-state index contributed by atoms with van der Waals surface area (Å²) in [6, 6.07) is 5.44. The molecule has 1 fully saturated rings. The molecule has 0 radical (unpaired) electrons. The summed E-state index contributed by atoms with van der Waals surface area (Å²) in [5.41, 5.74) is 0.940. The maximum Gasteiger partial charge on any atom is 0.345 e. The number of aliphatic hydroxyl groups excluding tert-OH is 1. The summed E-state index contributed by atoms with van der Waals surface area (Å²) < 4.78 is 0. The third kappa shape index (κ3) is 4.93. The van der Waals surface area contributed by atoms with Gasteiger partial charge in [0, 0.05) is 23.2 Å². The molecule has 1 saturated carbocycles. The number of hydrogen-bond donors (Lipinski definition) is 2. The zero-order chi connectivity index (χ0) is 18.5. The van der Waals surface area contributed by atoms with Crippen LogP contribution in [-0.4, -0.2) is 27.3 Å². The van der Waals surface area contributed by atoms with Crippen molar-refractivity contribution in [3.8, 4) is 0 Å². The Kier molecular flexibility index (Phi) is 6.46. The minimum absolute atomic E-state index is 0.145. The number of hydrogen-bond acceptors (Lipinski definition) is 4. The van der Waals surface area contributed by atoms with Crippen molar-refractivity contribution in [3.63, 3.8) is 0 Å². The summed E-state index contributed by atoms with van der Waals surface area (Å²) >= 11 is 7.32. The first-order chi connectivity index (χ1) is 12.5. The highest BCUT2D eigenvalue weighted by atomic mass is 35.5. The Morgan fingerprint density at radius 3 is 2.92 bits per heavy atom. The lowest BCUT2D eigenvalue weighted by atomic mass is 9.89. The van der Waals surface area contributed by atoms with Crippen LogP contribution >= 0.6 is 22.9 Å². The summed E-state index contributed by atoms with van der Waals surface area (Å²) in [6.45, 7) is 0. The number of thiophene rings is 1. The van der Waals surface area contributed by atoms with Gasteiger partial charge in [-0.1, -0.05) is 23.8 Å². The SMILES string of the molecule is O=C(O)c1ccc(CCC[C@H]2CC[C@@H](O)[C@@H]2C=Cc2cncc(Cl)c2)s1. The Balaban J connectivity index is 1.55. The molecular weight excluding hydrogens is 370 g/mol. The van der Waals surface area contributed by atoms with Crippen molar-refractivity contribution in [2.75, 3.05) is 0 Å². The van der Waals surface area contributed by atoms with Gasteiger partial charge in [-0.15, -0.1) is 11.3 Å². The number of aromatic nitrogens is 1. The standard InChI is InChI=1S/C20H22ClNO3S/c21-15-10-13(11-22-12-15)4-7-17-14(5-8-18(17)23)2-1-3-16-6-9-19(26-16)20(24)25/h4,6-7,9-12,14,17-18,23H,1-3,5,8H2,(H,24,25)/t14-,17+,18+/m0/s1. The van der Waals surface area contributed by atoms with Crippen molar-refractivity contribution in [3.05, 3.63) is 57.0 Å². The zero-order valence-corrected chi connectivity index (χ0v) is 15.9. The highest BCUT2D eigenvalue weighted by Crippen LogP contribution is 2.37. The van der Waals surface area contributed by atoms with Crippen LogP contribution < -0.4 is 0 Å². The fourth-order valence-electron chi connectivity index (χ4n) is 3.61. The number of pyridine rings is 1. The number of carbonyl (C=O) groups is 1. The van der Waals surface area contributed by atoms with Crippen LogP contribution in [0, 0.1) is 11.8 Å². The van der Waals surface area contributed by atoms with E-state index in [0.29, 0.717) is 15.8 Å². The fraction of sp³-hybridized carbons (Fsp3) is 0.400. The number of carboxylic acids is 1. The molecule has 1 aliphatic rings. The summed E-state index contributed by atoms with van der Waals surface area (Å²) in [7, 11) is 0. The molecule has 4 nitrogen and oxygen atoms in total. The molecule has 0 saturated heterocycles. The molecule has 0 amide bonds. The fourth-order valence-corrected chi connectivity index (χ4v) is 4.68. The minimum atomic E-state index is -0.860. The van der Waals surface area contributed by atoms with Crippen LogP contribution in [0.4, 0.5) is 0 Å². The molecule has 6 heteroatoms. The van der Waals surface area contributed by atoms with Crippen molar-refractivity contribution in [2.45, 2.75) is 38.2 Å². The summed E-state index contributed by atoms with van der Waals surface area (Å²) in [4.78, 5) is 16.5. The molecule has 0 aliphatic heterocycles. The Labute approximate surface area is 162 Å². The molecule has 138 valence electrons. The highest BCUT2D eigenvalue weighted by molar-refractivity contribution is 7.13. The van der Waals surface area contributed by atoms with E-state index in [4.69, 9.17) is 16.7 Å². The van der Waals surface area contributed by atoms with Gasteiger partial charge in [-0.3, -0.25) is 4.98 Å². The van der Waals surface area contributed by atoms with E-state index in [0.717, 1.165) is 42.5 Å². The molecule has 0 bridgehead atoms. The van der Waals surface area contributed by atoms with Crippen molar-refractivity contribution >= 4 is 35.0 Å². The van der Waals surface area contributed by atoms with Crippen LogP contribution in [0.25, 0.3) is 6.08 Å². The van der Waals surface area contributed by atoms with Gasteiger partial charge < -0.3 is 10.2 Å². The minimum Gasteiger partial charge on any atom is -0.477 e. The van der Waals surface area contributed by atoms with Crippen molar-refractivity contribution in [1.82, 2.24) is 4.98 Å². The quantitative estimate of drug-likeness (QED) is 0.702. The second kappa shape index (κ2) is 8.80. The molecule has 3 atom stereocenters. The molecule has 0 spiro atoms. The molecule has 0 aromatic carbocycles. The van der Waals surface area contributed by atoms with Gasteiger partial charge in [-0.2, -0.15) is 0 Å². The monoisotopic (exact) mass is 391 g/mol. The second-order valence-electron chi connectivity index (χ2n) is 6.74. The van der Waals surface area contributed by atoms with Crippen LogP contribution in [0.5, 0.6) is 0 Å². The van der Waals surface area contributed by atoms with Crippen LogP contribution in [-0.2, 0) is 6.42 Å². The topological polar surface area (TPSA) is 70.4 Å². The smallest absolute Gasteiger partial charge is 0.345 e. The van der Waals surface area contributed by atoms with Gasteiger partial charge in [0.25, 0.3) is 0 Å². The lowest BCUT2D eigenvalue weighted by Crippen LogP contribution is -2.16. The Hall–Kier alpha value is -1.69. The average Bonchev–Trinajstić information content (AvgIpc) is 3.21. The van der Waals surface area contributed by atoms with Gasteiger partial charge in [0.1, 0.15) is 4.88 Å². The third-order valence-corrected chi connectivity index (χ3v) is 6.27. The first kappa shape index (κ1) is 19.1. The lowest BCUT2D eigenvalue weighted by Gasteiger charge is -2.18. The molecular formula is C20H22ClNO3S. The lowest BCUT2D eigenvalue weighted by molar-refractivity contribution is 0.0702. The third-order valence-electron chi connectivity index (χ3n) is 4.93. The van der Waals surface area contributed by atoms with E-state index in [-0.39, 0.29) is 12.0 Å². The Bertz CT molecular complexity index is 789. The number of nitrogens with zero attached hydrogens (tertiary/aromatic N) is 1. The highest BCUT2D eigenvalue weighted by Gasteiger charge is 2.32. The van der Waals surface area contributed by atoms with Crippen LogP contribution in [0.15, 0.2) is 36.7 Å². The predicted octanol–water partition coefficient (Wildman–Crippen LogP) is 4.92. The predicted molar refractivity (Wildman–Crippen MR) is 105 cm³/mol. The molecule has 2 aromatic heterocycles. The first-order valence-electron chi connectivity index (χ1n) is 8.82. The number of aromatic carboxylic acids is 1. The second-order valence-corrected chi connectivity index (χ2v) is 8.35. The van der Waals surface area contributed by atoms with Gasteiger partial charge >= 0.3 is 5.97 Å². The number of halogens is 1. The van der Waals surface area contributed by atoms with Gasteiger partial charge in [-0.25, -0.2) is 4.79 Å². The van der Waals surface area contributed by atoms with Crippen molar-refractivity contribution < 1.29 is 15.0 Å². The van der Waals surface area contributed by atoms with Gasteiger partial charge in [0.05, 0.1) is 11.1 Å². The summed E-state index contributed by atoms with van der Waals surface area (Å²) in [6.07, 6.45) is 11.9. The van der Waals surface area contributed by atoms with E-state index in [1.807, 2.05) is 18.2 Å². The van der Waals surface area contributed by atoms with E-state index >= 15 is 0 Å². The zero-order valence-electron chi connectivity index (χ0n) is 14.3. The molecule has 2 N–H and O–H groups in total. The summed E-state index contributed by atoms with van der Waals surface area (Å²) in [5.74, 6) is -0.264. The van der Waals surface area contributed by atoms with E-state index in [2.05, 4.69) is 11.1 Å². The van der Waals surface area contributed by atoms with Gasteiger partial charge in [-0.05, 0) is 61.8 Å². The molecule has 26 heavy (non-hydrogen) atoms. The van der Waals surface area contributed by atoms with Crippen molar-refractivity contribution in [2.24, 2.45) is 11.8 Å². The van der Waals surface area contributed by atoms with Crippen LogP contribution in [0.2, 0.25) is 5.02 Å². The normalized spacial score (nSPS) is 22.9. The number of carboxylic acid groups (broad SMARTS) is 1.